The molecule has 0 saturated carbocycles. The summed E-state index contributed by atoms with van der Waals surface area (Å²) in [6, 6.07) is 0.588. The van der Waals surface area contributed by atoms with E-state index in [1.54, 1.807) is 0 Å². The van der Waals surface area contributed by atoms with Crippen LogP contribution >= 0.6 is 0 Å². The molecule has 0 saturated heterocycles. The molecule has 1 atom stereocenters. The minimum Gasteiger partial charge on any atom is -0.329 e. The van der Waals surface area contributed by atoms with Crippen molar-refractivity contribution in [2.45, 2.75) is 46.6 Å². The Bertz CT molecular complexity index is 94.7. The molecular formula is C11H26N2. The summed E-state index contributed by atoms with van der Waals surface area (Å²) in [7, 11) is 0. The molecule has 0 fully saturated rings. The molecule has 13 heavy (non-hydrogen) atoms. The lowest BCUT2D eigenvalue weighted by molar-refractivity contribution is 0.154. The van der Waals surface area contributed by atoms with Gasteiger partial charge in [-0.1, -0.05) is 40.5 Å². The first-order chi connectivity index (χ1) is 6.24. The number of nitrogens with zero attached hydrogens (tertiary/aromatic N) is 1. The third-order valence-electron chi connectivity index (χ3n) is 3.12. The first-order valence-electron chi connectivity index (χ1n) is 5.69. The van der Waals surface area contributed by atoms with E-state index >= 15 is 0 Å². The summed E-state index contributed by atoms with van der Waals surface area (Å²) in [5.74, 6) is 0.768. The minimum atomic E-state index is 0.588. The molecule has 0 aliphatic heterocycles. The SMILES string of the molecule is CCC(CC)C(CN)N(CC)CC. The summed E-state index contributed by atoms with van der Waals surface area (Å²) in [5.41, 5.74) is 5.84. The Morgan fingerprint density at radius 3 is 1.69 bits per heavy atom. The Kier molecular flexibility index (Phi) is 7.29. The Hall–Kier alpha value is -0.0800. The first-order valence-corrected chi connectivity index (χ1v) is 5.69. The summed E-state index contributed by atoms with van der Waals surface area (Å²) in [6.45, 7) is 12.0. The molecule has 1 unspecified atom stereocenters. The second-order valence-electron chi connectivity index (χ2n) is 3.60. The Balaban J connectivity index is 4.26. The van der Waals surface area contributed by atoms with Crippen molar-refractivity contribution >= 4 is 0 Å². The molecule has 0 bridgehead atoms. The van der Waals surface area contributed by atoms with Gasteiger partial charge in [0.25, 0.3) is 0 Å². The largest absolute Gasteiger partial charge is 0.329 e. The highest BCUT2D eigenvalue weighted by Gasteiger charge is 2.21. The molecule has 0 heterocycles. The fourth-order valence-corrected chi connectivity index (χ4v) is 2.17. The van der Waals surface area contributed by atoms with Crippen LogP contribution in [-0.2, 0) is 0 Å². The van der Waals surface area contributed by atoms with Gasteiger partial charge in [-0.05, 0) is 19.0 Å². The van der Waals surface area contributed by atoms with Gasteiger partial charge >= 0.3 is 0 Å². The van der Waals surface area contributed by atoms with Gasteiger partial charge in [0, 0.05) is 12.6 Å². The number of hydrogen-bond donors (Lipinski definition) is 1. The van der Waals surface area contributed by atoms with Crippen molar-refractivity contribution in [2.24, 2.45) is 11.7 Å². The quantitative estimate of drug-likeness (QED) is 0.659. The molecule has 0 aromatic carbocycles. The highest BCUT2D eigenvalue weighted by atomic mass is 15.2. The second-order valence-corrected chi connectivity index (χ2v) is 3.60. The molecule has 80 valence electrons. The molecule has 0 aliphatic carbocycles. The zero-order valence-corrected chi connectivity index (χ0v) is 9.71. The van der Waals surface area contributed by atoms with E-state index in [1.807, 2.05) is 0 Å². The average molecular weight is 186 g/mol. The van der Waals surface area contributed by atoms with Crippen LogP contribution in [0.2, 0.25) is 0 Å². The van der Waals surface area contributed by atoms with Crippen LogP contribution in [0, 0.1) is 5.92 Å². The molecule has 0 aromatic rings. The van der Waals surface area contributed by atoms with Gasteiger partial charge < -0.3 is 5.73 Å². The van der Waals surface area contributed by atoms with Crippen molar-refractivity contribution < 1.29 is 0 Å². The third-order valence-corrected chi connectivity index (χ3v) is 3.12. The molecule has 0 rings (SSSR count). The Labute approximate surface area is 83.5 Å². The van der Waals surface area contributed by atoms with E-state index in [1.165, 1.54) is 12.8 Å². The maximum absolute atomic E-state index is 5.84. The molecule has 2 heteroatoms. The van der Waals surface area contributed by atoms with Crippen molar-refractivity contribution in [1.29, 1.82) is 0 Å². The van der Waals surface area contributed by atoms with Gasteiger partial charge in [0.2, 0.25) is 0 Å². The van der Waals surface area contributed by atoms with E-state index in [-0.39, 0.29) is 0 Å². The molecule has 2 N–H and O–H groups in total. The standard InChI is InChI=1S/C11H26N2/c1-5-10(6-2)11(9-12)13(7-3)8-4/h10-11H,5-9,12H2,1-4H3. The van der Waals surface area contributed by atoms with Gasteiger partial charge in [0.15, 0.2) is 0 Å². The van der Waals surface area contributed by atoms with Gasteiger partial charge in [-0.25, -0.2) is 0 Å². The van der Waals surface area contributed by atoms with E-state index in [9.17, 15) is 0 Å². The van der Waals surface area contributed by atoms with Crippen LogP contribution in [0.4, 0.5) is 0 Å². The van der Waals surface area contributed by atoms with Crippen molar-refractivity contribution in [2.75, 3.05) is 19.6 Å². The molecule has 0 amide bonds. The van der Waals surface area contributed by atoms with Crippen LogP contribution in [0.25, 0.3) is 0 Å². The number of hydrogen-bond acceptors (Lipinski definition) is 2. The van der Waals surface area contributed by atoms with Crippen molar-refractivity contribution in [1.82, 2.24) is 4.90 Å². The zero-order valence-electron chi connectivity index (χ0n) is 9.71. The Morgan fingerprint density at radius 1 is 1.00 bits per heavy atom. The lowest BCUT2D eigenvalue weighted by atomic mass is 9.93. The number of rotatable bonds is 7. The van der Waals surface area contributed by atoms with E-state index in [2.05, 4.69) is 32.6 Å². The van der Waals surface area contributed by atoms with Crippen LogP contribution in [0.5, 0.6) is 0 Å². The van der Waals surface area contributed by atoms with E-state index in [0.29, 0.717) is 6.04 Å². The molecular weight excluding hydrogens is 160 g/mol. The van der Waals surface area contributed by atoms with Crippen LogP contribution in [0.3, 0.4) is 0 Å². The first kappa shape index (κ1) is 12.9. The summed E-state index contributed by atoms with van der Waals surface area (Å²) < 4.78 is 0. The van der Waals surface area contributed by atoms with Gasteiger partial charge in [0.1, 0.15) is 0 Å². The monoisotopic (exact) mass is 186 g/mol. The van der Waals surface area contributed by atoms with Crippen LogP contribution in [-0.4, -0.2) is 30.6 Å². The lowest BCUT2D eigenvalue weighted by Gasteiger charge is -2.34. The van der Waals surface area contributed by atoms with Crippen molar-refractivity contribution in [3.05, 3.63) is 0 Å². The maximum Gasteiger partial charge on any atom is 0.0246 e. The Morgan fingerprint density at radius 2 is 1.46 bits per heavy atom. The topological polar surface area (TPSA) is 29.3 Å². The highest BCUT2D eigenvalue weighted by Crippen LogP contribution is 2.17. The average Bonchev–Trinajstić information content (AvgIpc) is 2.18. The smallest absolute Gasteiger partial charge is 0.0246 e. The van der Waals surface area contributed by atoms with Gasteiger partial charge in [-0.2, -0.15) is 0 Å². The van der Waals surface area contributed by atoms with Crippen LogP contribution in [0.15, 0.2) is 0 Å². The molecule has 0 aliphatic rings. The number of likely N-dealkylation sites (N-methyl/N-ethyl adjacent to an activating group) is 1. The van der Waals surface area contributed by atoms with E-state index < -0.39 is 0 Å². The lowest BCUT2D eigenvalue weighted by Crippen LogP contribution is -2.45. The van der Waals surface area contributed by atoms with Gasteiger partial charge in [-0.15, -0.1) is 0 Å². The molecule has 0 radical (unpaired) electrons. The van der Waals surface area contributed by atoms with Crippen LogP contribution < -0.4 is 5.73 Å². The van der Waals surface area contributed by atoms with Gasteiger partial charge in [-0.3, -0.25) is 4.90 Å². The summed E-state index contributed by atoms with van der Waals surface area (Å²) in [4.78, 5) is 2.48. The molecule has 0 spiro atoms. The normalized spacial score (nSPS) is 14.1. The predicted molar refractivity (Wildman–Crippen MR) is 59.8 cm³/mol. The van der Waals surface area contributed by atoms with Crippen molar-refractivity contribution in [3.8, 4) is 0 Å². The maximum atomic E-state index is 5.84. The second kappa shape index (κ2) is 7.34. The van der Waals surface area contributed by atoms with Crippen molar-refractivity contribution in [3.63, 3.8) is 0 Å². The fraction of sp³-hybridized carbons (Fsp3) is 1.00. The molecule has 0 aromatic heterocycles. The predicted octanol–water partition coefficient (Wildman–Crippen LogP) is 2.09. The number of nitrogens with two attached hydrogens (primary N) is 1. The van der Waals surface area contributed by atoms with Crippen LogP contribution in [0.1, 0.15) is 40.5 Å². The highest BCUT2D eigenvalue weighted by molar-refractivity contribution is 4.77. The molecule has 2 nitrogen and oxygen atoms in total. The van der Waals surface area contributed by atoms with E-state index in [4.69, 9.17) is 5.73 Å². The summed E-state index contributed by atoms with van der Waals surface area (Å²) in [5, 5.41) is 0. The summed E-state index contributed by atoms with van der Waals surface area (Å²) >= 11 is 0. The van der Waals surface area contributed by atoms with E-state index in [0.717, 1.165) is 25.6 Å². The minimum absolute atomic E-state index is 0.588. The zero-order chi connectivity index (χ0) is 10.3. The van der Waals surface area contributed by atoms with Gasteiger partial charge in [0.05, 0.1) is 0 Å². The third kappa shape index (κ3) is 3.65. The fourth-order valence-electron chi connectivity index (χ4n) is 2.17. The summed E-state index contributed by atoms with van der Waals surface area (Å²) in [6.07, 6.45) is 2.49.